The molecule has 1 unspecified atom stereocenters. The van der Waals surface area contributed by atoms with Gasteiger partial charge in [0.05, 0.1) is 0 Å². The molecule has 0 aliphatic carbocycles. The molecule has 0 radical (unpaired) electrons. The second-order valence-electron chi connectivity index (χ2n) is 6.36. The van der Waals surface area contributed by atoms with Crippen molar-refractivity contribution in [1.82, 2.24) is 5.32 Å². The fraction of sp³-hybridized carbons (Fsp3) is 0.500. The van der Waals surface area contributed by atoms with Crippen molar-refractivity contribution < 1.29 is 19.1 Å². The van der Waals surface area contributed by atoms with Crippen molar-refractivity contribution in [3.63, 3.8) is 0 Å². The number of hydrogen-bond acceptors (Lipinski definition) is 4. The van der Waals surface area contributed by atoms with Crippen LogP contribution in [0.4, 0.5) is 0 Å². The van der Waals surface area contributed by atoms with Gasteiger partial charge in [-0.25, -0.2) is 4.79 Å². The van der Waals surface area contributed by atoms with E-state index in [0.29, 0.717) is 5.70 Å². The van der Waals surface area contributed by atoms with Crippen molar-refractivity contribution in [2.75, 3.05) is 0 Å². The van der Waals surface area contributed by atoms with E-state index in [4.69, 9.17) is 4.74 Å². The Bertz CT molecular complexity index is 527. The normalized spacial score (nSPS) is 14.3. The summed E-state index contributed by atoms with van der Waals surface area (Å²) in [6.45, 7) is 14.1. The van der Waals surface area contributed by atoms with Crippen LogP contribution >= 0.6 is 0 Å². The number of ether oxygens (including phenoxy) is 1. The van der Waals surface area contributed by atoms with Gasteiger partial charge in [-0.2, -0.15) is 0 Å². The van der Waals surface area contributed by atoms with Crippen LogP contribution in [0.1, 0.15) is 41.5 Å². The Balaban J connectivity index is 5.12. The number of rotatable bonds is 7. The van der Waals surface area contributed by atoms with Crippen LogP contribution in [-0.4, -0.2) is 23.8 Å². The van der Waals surface area contributed by atoms with Crippen molar-refractivity contribution in [3.8, 4) is 0 Å². The first kappa shape index (κ1) is 20.8. The molecule has 0 saturated carbocycles. The summed E-state index contributed by atoms with van der Waals surface area (Å²) in [7, 11) is 0. The van der Waals surface area contributed by atoms with Gasteiger partial charge in [-0.15, -0.1) is 0 Å². The standard InChI is InChI=1S/C18H27NO4/c1-8-10-14(11-9-2)19-15(21)16(22)23-18(6,7)17(4,5)13(3)12-20/h8-13H,1H2,2-7H3,(H,19,21). The Morgan fingerprint density at radius 1 is 1.22 bits per heavy atom. The van der Waals surface area contributed by atoms with Crippen LogP contribution in [0.2, 0.25) is 0 Å². The second-order valence-corrected chi connectivity index (χ2v) is 6.36. The predicted octanol–water partition coefficient (Wildman–Crippen LogP) is 2.93. The zero-order chi connectivity index (χ0) is 18.3. The van der Waals surface area contributed by atoms with E-state index in [-0.39, 0.29) is 5.92 Å². The first-order valence-electron chi connectivity index (χ1n) is 7.48. The lowest BCUT2D eigenvalue weighted by Gasteiger charge is -2.42. The van der Waals surface area contributed by atoms with E-state index in [1.54, 1.807) is 45.9 Å². The summed E-state index contributed by atoms with van der Waals surface area (Å²) in [5.74, 6) is -2.22. The van der Waals surface area contributed by atoms with Gasteiger partial charge >= 0.3 is 11.9 Å². The number of nitrogens with one attached hydrogen (secondary N) is 1. The van der Waals surface area contributed by atoms with E-state index in [0.717, 1.165) is 6.29 Å². The predicted molar refractivity (Wildman–Crippen MR) is 90.4 cm³/mol. The van der Waals surface area contributed by atoms with E-state index >= 15 is 0 Å². The molecule has 0 aromatic rings. The van der Waals surface area contributed by atoms with E-state index in [1.165, 1.54) is 6.08 Å². The van der Waals surface area contributed by atoms with Gasteiger partial charge in [0, 0.05) is 17.0 Å². The Kier molecular flexibility index (Phi) is 7.66. The van der Waals surface area contributed by atoms with Gasteiger partial charge in [-0.3, -0.25) is 4.79 Å². The Hall–Kier alpha value is -2.17. The van der Waals surface area contributed by atoms with Gasteiger partial charge in [0.2, 0.25) is 0 Å². The van der Waals surface area contributed by atoms with Crippen LogP contribution in [0, 0.1) is 11.3 Å². The number of aldehydes is 1. The molecule has 1 atom stereocenters. The number of esters is 1. The monoisotopic (exact) mass is 321 g/mol. The van der Waals surface area contributed by atoms with Crippen molar-refractivity contribution in [2.45, 2.75) is 47.1 Å². The summed E-state index contributed by atoms with van der Waals surface area (Å²) in [6.07, 6.45) is 7.23. The summed E-state index contributed by atoms with van der Waals surface area (Å²) >= 11 is 0. The van der Waals surface area contributed by atoms with Crippen LogP contribution in [0.25, 0.3) is 0 Å². The van der Waals surface area contributed by atoms with E-state index < -0.39 is 22.9 Å². The van der Waals surface area contributed by atoms with Crippen LogP contribution in [0.3, 0.4) is 0 Å². The Morgan fingerprint density at radius 2 is 1.78 bits per heavy atom. The van der Waals surface area contributed by atoms with E-state index in [2.05, 4.69) is 11.9 Å². The molecule has 1 N–H and O–H groups in total. The van der Waals surface area contributed by atoms with Crippen LogP contribution in [-0.2, 0) is 19.1 Å². The molecule has 0 aromatic carbocycles. The van der Waals surface area contributed by atoms with E-state index in [9.17, 15) is 14.4 Å². The molecule has 0 fully saturated rings. The van der Waals surface area contributed by atoms with Gasteiger partial charge in [0.15, 0.2) is 0 Å². The minimum Gasteiger partial charge on any atom is -0.452 e. The zero-order valence-corrected chi connectivity index (χ0v) is 14.8. The molecular formula is C18H27NO4. The van der Waals surface area contributed by atoms with Crippen molar-refractivity contribution in [1.29, 1.82) is 0 Å². The number of carbonyl (C=O) groups excluding carboxylic acids is 3. The lowest BCUT2D eigenvalue weighted by atomic mass is 9.69. The Morgan fingerprint density at radius 3 is 2.22 bits per heavy atom. The fourth-order valence-electron chi connectivity index (χ4n) is 1.76. The second kappa shape index (κ2) is 8.46. The van der Waals surface area contributed by atoms with Gasteiger partial charge in [-0.1, -0.05) is 39.5 Å². The maximum absolute atomic E-state index is 12.1. The maximum atomic E-state index is 12.1. The third-order valence-corrected chi connectivity index (χ3v) is 4.33. The first-order chi connectivity index (χ1) is 10.5. The third-order valence-electron chi connectivity index (χ3n) is 4.33. The summed E-state index contributed by atoms with van der Waals surface area (Å²) < 4.78 is 5.36. The van der Waals surface area contributed by atoms with E-state index in [1.807, 2.05) is 13.8 Å². The van der Waals surface area contributed by atoms with Crippen LogP contribution in [0.5, 0.6) is 0 Å². The first-order valence-corrected chi connectivity index (χ1v) is 7.48. The molecule has 1 amide bonds. The molecule has 128 valence electrons. The molecular weight excluding hydrogens is 294 g/mol. The van der Waals surface area contributed by atoms with Gasteiger partial charge in [-0.05, 0) is 32.9 Å². The molecule has 0 rings (SSSR count). The Labute approximate surface area is 138 Å². The smallest absolute Gasteiger partial charge is 0.397 e. The highest BCUT2D eigenvalue weighted by Gasteiger charge is 2.45. The number of allylic oxidation sites excluding steroid dienone is 4. The van der Waals surface area contributed by atoms with Gasteiger partial charge < -0.3 is 14.8 Å². The van der Waals surface area contributed by atoms with Gasteiger partial charge in [0.1, 0.15) is 11.9 Å². The summed E-state index contributed by atoms with van der Waals surface area (Å²) in [6, 6.07) is 0. The minimum absolute atomic E-state index is 0.340. The van der Waals surface area contributed by atoms with Crippen LogP contribution < -0.4 is 5.32 Å². The average molecular weight is 321 g/mol. The van der Waals surface area contributed by atoms with Crippen molar-refractivity contribution >= 4 is 18.2 Å². The fourth-order valence-corrected chi connectivity index (χ4v) is 1.76. The zero-order valence-electron chi connectivity index (χ0n) is 14.8. The lowest BCUT2D eigenvalue weighted by molar-refractivity contribution is -0.177. The minimum atomic E-state index is -0.999. The highest BCUT2D eigenvalue weighted by molar-refractivity contribution is 6.33. The summed E-state index contributed by atoms with van der Waals surface area (Å²) in [5, 5.41) is 2.46. The quantitative estimate of drug-likeness (QED) is 0.339. The number of carbonyl (C=O) groups is 3. The molecule has 23 heavy (non-hydrogen) atoms. The topological polar surface area (TPSA) is 72.5 Å². The average Bonchev–Trinajstić information content (AvgIpc) is 2.45. The number of amides is 1. The number of hydrogen-bond donors (Lipinski definition) is 1. The summed E-state index contributed by atoms with van der Waals surface area (Å²) in [5.41, 5.74) is -1.19. The molecule has 0 aromatic heterocycles. The van der Waals surface area contributed by atoms with Crippen molar-refractivity contribution in [3.05, 3.63) is 36.6 Å². The molecule has 0 saturated heterocycles. The molecule has 0 aliphatic heterocycles. The molecule has 0 aliphatic rings. The lowest BCUT2D eigenvalue weighted by Crippen LogP contribution is -2.49. The maximum Gasteiger partial charge on any atom is 0.397 e. The van der Waals surface area contributed by atoms with Gasteiger partial charge in [0.25, 0.3) is 0 Å². The third kappa shape index (κ3) is 5.51. The molecule has 5 heteroatoms. The van der Waals surface area contributed by atoms with Crippen molar-refractivity contribution in [2.24, 2.45) is 11.3 Å². The van der Waals surface area contributed by atoms with Crippen LogP contribution in [0.15, 0.2) is 36.6 Å². The largest absolute Gasteiger partial charge is 0.452 e. The highest BCUT2D eigenvalue weighted by Crippen LogP contribution is 2.39. The summed E-state index contributed by atoms with van der Waals surface area (Å²) in [4.78, 5) is 35.1. The molecule has 0 bridgehead atoms. The molecule has 0 spiro atoms. The highest BCUT2D eigenvalue weighted by atomic mass is 16.6. The molecule has 5 nitrogen and oxygen atoms in total. The SMILES string of the molecule is C=CC=C(C=CC)NC(=O)C(=O)OC(C)(C)C(C)(C)C(C)C=O. The molecule has 0 heterocycles.